The molecule has 5 rings (SSSR count). The minimum atomic E-state index is -3.81. The summed E-state index contributed by atoms with van der Waals surface area (Å²) < 4.78 is 52.7. The van der Waals surface area contributed by atoms with Crippen LogP contribution in [0.25, 0.3) is 10.9 Å². The van der Waals surface area contributed by atoms with Gasteiger partial charge in [-0.1, -0.05) is 18.2 Å². The number of pyridine rings is 1. The van der Waals surface area contributed by atoms with E-state index in [0.717, 1.165) is 0 Å². The molecule has 1 aromatic heterocycles. The van der Waals surface area contributed by atoms with Crippen molar-refractivity contribution in [2.75, 3.05) is 31.2 Å². The number of piperidine rings is 1. The van der Waals surface area contributed by atoms with Gasteiger partial charge in [0.25, 0.3) is 0 Å². The second kappa shape index (κ2) is 7.30. The van der Waals surface area contributed by atoms with Crippen molar-refractivity contribution in [3.05, 3.63) is 60.5 Å². The van der Waals surface area contributed by atoms with Gasteiger partial charge in [-0.3, -0.25) is 0 Å². The third-order valence-electron chi connectivity index (χ3n) is 5.83. The Balaban J connectivity index is 1.65. The van der Waals surface area contributed by atoms with E-state index in [9.17, 15) is 12.8 Å². The Morgan fingerprint density at radius 2 is 1.70 bits per heavy atom. The molecule has 0 saturated carbocycles. The average molecular weight is 429 g/mol. The maximum atomic E-state index is 14.2. The van der Waals surface area contributed by atoms with Crippen LogP contribution in [0.3, 0.4) is 0 Å². The van der Waals surface area contributed by atoms with Crippen molar-refractivity contribution in [1.29, 1.82) is 0 Å². The fourth-order valence-corrected chi connectivity index (χ4v) is 5.77. The monoisotopic (exact) mass is 429 g/mol. The van der Waals surface area contributed by atoms with Gasteiger partial charge in [0.05, 0.1) is 29.2 Å². The first-order chi connectivity index (χ1) is 14.5. The van der Waals surface area contributed by atoms with Gasteiger partial charge in [-0.05, 0) is 24.3 Å². The minimum Gasteiger partial charge on any atom is -0.369 e. The average Bonchev–Trinajstić information content (AvgIpc) is 3.22. The fourth-order valence-electron chi connectivity index (χ4n) is 4.30. The van der Waals surface area contributed by atoms with Crippen molar-refractivity contribution in [2.24, 2.45) is 0 Å². The molecule has 2 aromatic carbocycles. The number of hydrogen-bond donors (Lipinski definition) is 0. The molecular formula is C22H22FN2O4S+. The number of aromatic amines is 1. The van der Waals surface area contributed by atoms with Crippen LogP contribution >= 0.6 is 0 Å². The number of H-pyrrole nitrogens is 1. The zero-order valence-electron chi connectivity index (χ0n) is 16.3. The lowest BCUT2D eigenvalue weighted by molar-refractivity contribution is -0.347. The molecule has 2 fully saturated rings. The van der Waals surface area contributed by atoms with Crippen LogP contribution < -0.4 is 9.88 Å². The molecule has 30 heavy (non-hydrogen) atoms. The summed E-state index contributed by atoms with van der Waals surface area (Å²) in [5.41, 5.74) is 1.19. The predicted molar refractivity (Wildman–Crippen MR) is 108 cm³/mol. The number of nitrogens with one attached hydrogen (secondary N) is 1. The Bertz CT molecular complexity index is 1180. The summed E-state index contributed by atoms with van der Waals surface area (Å²) in [6, 6.07) is 12.7. The topological polar surface area (TPSA) is 70.0 Å². The third-order valence-corrected chi connectivity index (χ3v) is 7.61. The first-order valence-electron chi connectivity index (χ1n) is 9.96. The van der Waals surface area contributed by atoms with Crippen LogP contribution in [-0.4, -0.2) is 40.5 Å². The van der Waals surface area contributed by atoms with E-state index in [4.69, 9.17) is 9.47 Å². The minimum absolute atomic E-state index is 0.135. The fraction of sp³-hybridized carbons (Fsp3) is 0.318. The number of rotatable bonds is 3. The number of sulfone groups is 1. The highest BCUT2D eigenvalue weighted by atomic mass is 32.2. The number of anilines is 1. The van der Waals surface area contributed by atoms with Gasteiger partial charge in [0.15, 0.2) is 16.9 Å². The molecule has 1 spiro atoms. The number of benzene rings is 2. The highest BCUT2D eigenvalue weighted by Crippen LogP contribution is 2.39. The number of aromatic nitrogens is 1. The van der Waals surface area contributed by atoms with Gasteiger partial charge in [0, 0.05) is 32.0 Å². The summed E-state index contributed by atoms with van der Waals surface area (Å²) in [7, 11) is -3.81. The maximum Gasteiger partial charge on any atom is 0.214 e. The van der Waals surface area contributed by atoms with Crippen LogP contribution in [0.4, 0.5) is 10.1 Å². The van der Waals surface area contributed by atoms with Gasteiger partial charge in [-0.25, -0.2) is 17.8 Å². The number of hydrogen-bond acceptors (Lipinski definition) is 5. The van der Waals surface area contributed by atoms with Crippen LogP contribution in [0, 0.1) is 5.82 Å². The second-order valence-corrected chi connectivity index (χ2v) is 9.52. The van der Waals surface area contributed by atoms with E-state index in [-0.39, 0.29) is 9.79 Å². The predicted octanol–water partition coefficient (Wildman–Crippen LogP) is 2.97. The summed E-state index contributed by atoms with van der Waals surface area (Å²) in [6.45, 7) is 2.24. The van der Waals surface area contributed by atoms with Gasteiger partial charge in [0.2, 0.25) is 15.4 Å². The Labute approximate surface area is 174 Å². The molecule has 0 bridgehead atoms. The molecule has 6 nitrogen and oxygen atoms in total. The van der Waals surface area contributed by atoms with E-state index >= 15 is 0 Å². The lowest BCUT2D eigenvalue weighted by atomic mass is 10.0. The second-order valence-electron chi connectivity index (χ2n) is 7.60. The molecule has 8 heteroatoms. The molecular weight excluding hydrogens is 407 g/mol. The zero-order chi connectivity index (χ0) is 20.8. The molecule has 2 aliphatic heterocycles. The Kier molecular flexibility index (Phi) is 4.72. The van der Waals surface area contributed by atoms with E-state index in [1.165, 1.54) is 18.3 Å². The van der Waals surface area contributed by atoms with Crippen molar-refractivity contribution in [1.82, 2.24) is 0 Å². The molecule has 1 N–H and O–H groups in total. The summed E-state index contributed by atoms with van der Waals surface area (Å²) in [5.74, 6) is -1.00. The highest BCUT2D eigenvalue weighted by molar-refractivity contribution is 7.91. The molecule has 156 valence electrons. The first kappa shape index (κ1) is 19.4. The largest absolute Gasteiger partial charge is 0.369 e. The normalized spacial score (nSPS) is 18.9. The SMILES string of the molecule is O=S(=O)(c1ccccc1)c1c[nH+]c2ccc(F)cc2c1N1CCC2(CC1)OCCO2. The molecule has 0 amide bonds. The molecule has 0 unspecified atom stereocenters. The van der Waals surface area contributed by atoms with Gasteiger partial charge in [0.1, 0.15) is 5.82 Å². The van der Waals surface area contributed by atoms with E-state index in [2.05, 4.69) is 4.98 Å². The van der Waals surface area contributed by atoms with Gasteiger partial charge in [-0.15, -0.1) is 0 Å². The van der Waals surface area contributed by atoms with Crippen LogP contribution in [0.15, 0.2) is 64.5 Å². The summed E-state index contributed by atoms with van der Waals surface area (Å²) in [4.78, 5) is 5.37. The quantitative estimate of drug-likeness (QED) is 0.640. The maximum absolute atomic E-state index is 14.2. The number of fused-ring (bicyclic) bond motifs is 1. The molecule has 2 saturated heterocycles. The molecule has 0 aliphatic carbocycles. The van der Waals surface area contributed by atoms with E-state index < -0.39 is 21.4 Å². The van der Waals surface area contributed by atoms with Crippen molar-refractivity contribution in [3.63, 3.8) is 0 Å². The van der Waals surface area contributed by atoms with Crippen LogP contribution in [0.5, 0.6) is 0 Å². The lowest BCUT2D eigenvalue weighted by Crippen LogP contribution is -2.45. The summed E-state index contributed by atoms with van der Waals surface area (Å²) in [6.07, 6.45) is 2.74. The van der Waals surface area contributed by atoms with Crippen molar-refractivity contribution >= 4 is 26.4 Å². The third kappa shape index (κ3) is 3.25. The number of halogens is 1. The Morgan fingerprint density at radius 3 is 2.40 bits per heavy atom. The standard InChI is InChI=1S/C22H21FN2O4S/c23-16-6-7-19-18(14-16)21(25-10-8-22(9-11-25)28-12-13-29-22)20(15-24-19)30(26,27)17-4-2-1-3-5-17/h1-7,14-15H,8-13H2/p+1. The van der Waals surface area contributed by atoms with Crippen LogP contribution in [0.1, 0.15) is 12.8 Å². The number of ether oxygens (including phenoxy) is 2. The molecule has 3 heterocycles. The zero-order valence-corrected chi connectivity index (χ0v) is 17.1. The van der Waals surface area contributed by atoms with Crippen LogP contribution in [-0.2, 0) is 19.3 Å². The summed E-state index contributed by atoms with van der Waals surface area (Å²) in [5, 5.41) is 0.538. The van der Waals surface area contributed by atoms with Crippen LogP contribution in [0.2, 0.25) is 0 Å². The van der Waals surface area contributed by atoms with E-state index in [0.29, 0.717) is 55.7 Å². The highest BCUT2D eigenvalue weighted by Gasteiger charge is 2.41. The Morgan fingerprint density at radius 1 is 1.00 bits per heavy atom. The molecule has 0 radical (unpaired) electrons. The van der Waals surface area contributed by atoms with E-state index in [1.54, 1.807) is 36.4 Å². The van der Waals surface area contributed by atoms with Crippen molar-refractivity contribution in [2.45, 2.75) is 28.4 Å². The first-order valence-corrected chi connectivity index (χ1v) is 11.4. The Hall–Kier alpha value is -2.55. The van der Waals surface area contributed by atoms with Crippen molar-refractivity contribution < 1.29 is 27.3 Å². The van der Waals surface area contributed by atoms with Gasteiger partial charge in [-0.2, -0.15) is 0 Å². The molecule has 0 atom stereocenters. The smallest absolute Gasteiger partial charge is 0.214 e. The van der Waals surface area contributed by atoms with E-state index in [1.807, 2.05) is 4.90 Å². The summed E-state index contributed by atoms with van der Waals surface area (Å²) >= 11 is 0. The van der Waals surface area contributed by atoms with Crippen molar-refractivity contribution in [3.8, 4) is 0 Å². The van der Waals surface area contributed by atoms with Gasteiger partial charge >= 0.3 is 0 Å². The lowest BCUT2D eigenvalue weighted by Gasteiger charge is -2.39. The molecule has 3 aromatic rings. The number of nitrogens with zero attached hydrogens (tertiary/aromatic N) is 1. The molecule has 2 aliphatic rings. The van der Waals surface area contributed by atoms with Gasteiger partial charge < -0.3 is 14.4 Å².